The smallest absolute Gasteiger partial charge is 0.311 e. The number of carbonyl (C=O) groups is 3. The van der Waals surface area contributed by atoms with E-state index < -0.39 is 11.9 Å². The molecule has 0 aliphatic carbocycles. The summed E-state index contributed by atoms with van der Waals surface area (Å²) in [5.74, 6) is -1.32. The number of hydrogen-bond donors (Lipinski definition) is 0. The molecule has 0 radical (unpaired) electrons. The number of benzene rings is 2. The number of nitrogens with zero attached hydrogens (tertiary/aromatic N) is 2. The molecule has 0 spiro atoms. The average Bonchev–Trinajstić information content (AvgIpc) is 3.35. The second-order valence-corrected chi connectivity index (χ2v) is 7.57. The zero-order chi connectivity index (χ0) is 20.4. The quantitative estimate of drug-likeness (QED) is 0.734. The fraction of sp³-hybridized carbons (Fsp3) is 0.348. The van der Waals surface area contributed by atoms with E-state index in [4.69, 9.17) is 4.74 Å². The van der Waals surface area contributed by atoms with Crippen LogP contribution in [0.25, 0.3) is 0 Å². The van der Waals surface area contributed by atoms with E-state index >= 15 is 0 Å². The number of fused-ring (bicyclic) bond motifs is 1. The van der Waals surface area contributed by atoms with E-state index in [2.05, 4.69) is 0 Å². The molecule has 0 saturated carbocycles. The number of ether oxygens (including phenoxy) is 1. The molecular formula is C23H24N2O4. The molecule has 2 aliphatic rings. The van der Waals surface area contributed by atoms with Crippen LogP contribution < -0.4 is 4.90 Å². The Morgan fingerprint density at radius 2 is 1.83 bits per heavy atom. The Morgan fingerprint density at radius 1 is 1.10 bits per heavy atom. The molecule has 0 bridgehead atoms. The lowest BCUT2D eigenvalue weighted by atomic mass is 10.1. The number of rotatable bonds is 5. The predicted octanol–water partition coefficient (Wildman–Crippen LogP) is 2.73. The molecule has 2 amide bonds. The van der Waals surface area contributed by atoms with Crippen LogP contribution >= 0.6 is 0 Å². The van der Waals surface area contributed by atoms with Crippen LogP contribution in [0.4, 0.5) is 5.69 Å². The van der Waals surface area contributed by atoms with E-state index in [-0.39, 0.29) is 30.9 Å². The molecule has 2 aromatic rings. The number of esters is 1. The summed E-state index contributed by atoms with van der Waals surface area (Å²) in [5, 5.41) is 0. The Bertz CT molecular complexity index is 927. The van der Waals surface area contributed by atoms with E-state index in [1.165, 1.54) is 0 Å². The Balaban J connectivity index is 1.33. The van der Waals surface area contributed by atoms with Gasteiger partial charge < -0.3 is 14.5 Å². The number of carbonyl (C=O) groups excluding carboxylic acids is 3. The minimum absolute atomic E-state index is 0.0666. The van der Waals surface area contributed by atoms with Crippen molar-refractivity contribution in [1.29, 1.82) is 0 Å². The number of amides is 2. The van der Waals surface area contributed by atoms with Crippen LogP contribution in [0.5, 0.6) is 0 Å². The summed E-state index contributed by atoms with van der Waals surface area (Å²) in [4.78, 5) is 40.8. The molecule has 0 unspecified atom stereocenters. The summed E-state index contributed by atoms with van der Waals surface area (Å²) in [5.41, 5.74) is 3.03. The highest BCUT2D eigenvalue weighted by molar-refractivity contribution is 5.97. The largest absolute Gasteiger partial charge is 0.455 e. The standard InChI is InChI=1S/C23H24N2O4/c1-16(17-7-3-2-4-8-17)25-14-19(13-21(25)26)23(28)29-15-22(27)24-12-11-18-9-5-6-10-20(18)24/h2-10,16,19H,11-15H2,1H3/t16-,19-/m1/s1. The van der Waals surface area contributed by atoms with Gasteiger partial charge in [0.2, 0.25) is 5.91 Å². The monoisotopic (exact) mass is 392 g/mol. The van der Waals surface area contributed by atoms with Gasteiger partial charge in [0.25, 0.3) is 5.91 Å². The van der Waals surface area contributed by atoms with Crippen molar-refractivity contribution in [3.63, 3.8) is 0 Å². The minimum atomic E-state index is -0.535. The van der Waals surface area contributed by atoms with Gasteiger partial charge in [-0.3, -0.25) is 14.4 Å². The number of para-hydroxylation sites is 1. The number of hydrogen-bond acceptors (Lipinski definition) is 4. The summed E-state index contributed by atoms with van der Waals surface area (Å²) < 4.78 is 5.29. The van der Waals surface area contributed by atoms with E-state index in [9.17, 15) is 14.4 Å². The van der Waals surface area contributed by atoms with Crippen LogP contribution in [0.2, 0.25) is 0 Å². The van der Waals surface area contributed by atoms with Crippen molar-refractivity contribution in [2.24, 2.45) is 5.92 Å². The molecule has 4 rings (SSSR count). The molecule has 2 aliphatic heterocycles. The Kier molecular flexibility index (Phi) is 5.34. The van der Waals surface area contributed by atoms with Gasteiger partial charge in [0.1, 0.15) is 0 Å². The Labute approximate surface area is 170 Å². The van der Waals surface area contributed by atoms with Crippen LogP contribution in [0, 0.1) is 5.92 Å². The zero-order valence-electron chi connectivity index (χ0n) is 16.4. The average molecular weight is 392 g/mol. The fourth-order valence-corrected chi connectivity index (χ4v) is 4.10. The minimum Gasteiger partial charge on any atom is -0.455 e. The van der Waals surface area contributed by atoms with Crippen LogP contribution in [0.15, 0.2) is 54.6 Å². The number of likely N-dealkylation sites (tertiary alicyclic amines) is 1. The molecule has 0 N–H and O–H groups in total. The molecule has 2 aromatic carbocycles. The molecule has 0 aromatic heterocycles. The van der Waals surface area contributed by atoms with Crippen molar-refractivity contribution >= 4 is 23.5 Å². The van der Waals surface area contributed by atoms with Gasteiger partial charge in [-0.15, -0.1) is 0 Å². The first-order valence-electron chi connectivity index (χ1n) is 9.94. The molecule has 1 fully saturated rings. The molecule has 6 heteroatoms. The van der Waals surface area contributed by atoms with Gasteiger partial charge in [-0.2, -0.15) is 0 Å². The van der Waals surface area contributed by atoms with Crippen molar-refractivity contribution in [1.82, 2.24) is 4.90 Å². The summed E-state index contributed by atoms with van der Waals surface area (Å²) in [6, 6.07) is 17.4. The van der Waals surface area contributed by atoms with Crippen LogP contribution in [0.1, 0.15) is 30.5 Å². The fourth-order valence-electron chi connectivity index (χ4n) is 4.10. The summed E-state index contributed by atoms with van der Waals surface area (Å²) in [6.45, 7) is 2.57. The molecule has 150 valence electrons. The second kappa shape index (κ2) is 8.07. The summed E-state index contributed by atoms with van der Waals surface area (Å²) in [6.07, 6.45) is 0.927. The van der Waals surface area contributed by atoms with Crippen molar-refractivity contribution in [2.75, 3.05) is 24.6 Å². The van der Waals surface area contributed by atoms with Gasteiger partial charge in [0.15, 0.2) is 6.61 Å². The molecule has 1 saturated heterocycles. The van der Waals surface area contributed by atoms with E-state index in [0.29, 0.717) is 13.1 Å². The second-order valence-electron chi connectivity index (χ2n) is 7.57. The zero-order valence-corrected chi connectivity index (χ0v) is 16.4. The highest BCUT2D eigenvalue weighted by Crippen LogP contribution is 2.30. The Morgan fingerprint density at radius 3 is 2.62 bits per heavy atom. The number of anilines is 1. The van der Waals surface area contributed by atoms with Crippen molar-refractivity contribution in [3.05, 3.63) is 65.7 Å². The maximum atomic E-state index is 12.5. The van der Waals surface area contributed by atoms with E-state index in [1.807, 2.05) is 61.5 Å². The molecule has 6 nitrogen and oxygen atoms in total. The van der Waals surface area contributed by atoms with Gasteiger partial charge in [-0.05, 0) is 30.5 Å². The van der Waals surface area contributed by atoms with Gasteiger partial charge in [-0.25, -0.2) is 0 Å². The third-order valence-electron chi connectivity index (χ3n) is 5.77. The maximum absolute atomic E-state index is 12.5. The van der Waals surface area contributed by atoms with Gasteiger partial charge in [0.05, 0.1) is 12.0 Å². The van der Waals surface area contributed by atoms with Gasteiger partial charge in [0, 0.05) is 25.2 Å². The lowest BCUT2D eigenvalue weighted by Gasteiger charge is -2.25. The third-order valence-corrected chi connectivity index (χ3v) is 5.77. The van der Waals surface area contributed by atoms with Crippen molar-refractivity contribution in [2.45, 2.75) is 25.8 Å². The van der Waals surface area contributed by atoms with Crippen LogP contribution in [-0.2, 0) is 25.5 Å². The Hall–Kier alpha value is -3.15. The predicted molar refractivity (Wildman–Crippen MR) is 108 cm³/mol. The van der Waals surface area contributed by atoms with E-state index in [0.717, 1.165) is 23.2 Å². The molecule has 2 atom stereocenters. The van der Waals surface area contributed by atoms with Crippen LogP contribution in [0.3, 0.4) is 0 Å². The SMILES string of the molecule is C[C@H](c1ccccc1)N1C[C@H](C(=O)OCC(=O)N2CCc3ccccc32)CC1=O. The van der Waals surface area contributed by atoms with Crippen molar-refractivity contribution in [3.8, 4) is 0 Å². The first-order chi connectivity index (χ1) is 14.0. The normalized spacial score (nSPS) is 19.2. The maximum Gasteiger partial charge on any atom is 0.311 e. The summed E-state index contributed by atoms with van der Waals surface area (Å²) in [7, 11) is 0. The van der Waals surface area contributed by atoms with Gasteiger partial charge in [-0.1, -0.05) is 48.5 Å². The molecular weight excluding hydrogens is 368 g/mol. The molecule has 29 heavy (non-hydrogen) atoms. The van der Waals surface area contributed by atoms with Crippen LogP contribution in [-0.4, -0.2) is 42.4 Å². The third kappa shape index (κ3) is 3.88. The lowest BCUT2D eigenvalue weighted by Crippen LogP contribution is -2.34. The van der Waals surface area contributed by atoms with E-state index in [1.54, 1.807) is 9.80 Å². The topological polar surface area (TPSA) is 66.9 Å². The summed E-state index contributed by atoms with van der Waals surface area (Å²) >= 11 is 0. The van der Waals surface area contributed by atoms with Crippen molar-refractivity contribution < 1.29 is 19.1 Å². The first-order valence-corrected chi connectivity index (χ1v) is 9.94. The highest BCUT2D eigenvalue weighted by atomic mass is 16.5. The lowest BCUT2D eigenvalue weighted by molar-refractivity contribution is -0.151. The van der Waals surface area contributed by atoms with Gasteiger partial charge >= 0.3 is 5.97 Å². The first kappa shape index (κ1) is 19.2. The molecule has 2 heterocycles. The highest BCUT2D eigenvalue weighted by Gasteiger charge is 2.38.